The highest BCUT2D eigenvalue weighted by Gasteiger charge is 2.68. The van der Waals surface area contributed by atoms with Crippen LogP contribution in [0.5, 0.6) is 0 Å². The summed E-state index contributed by atoms with van der Waals surface area (Å²) in [5.74, 6) is -2.21. The Bertz CT molecular complexity index is 835. The number of thioether (sulfide) groups is 1. The summed E-state index contributed by atoms with van der Waals surface area (Å²) in [4.78, 5) is 1.16. The molecule has 3 fully saturated rings. The molecular weight excluding hydrogens is 462 g/mol. The predicted octanol–water partition coefficient (Wildman–Crippen LogP) is -1.25. The number of rotatable bonds is 7. The normalized spacial score (nSPS) is 44.4. The van der Waals surface area contributed by atoms with Crippen LogP contribution >= 0.6 is 11.8 Å². The van der Waals surface area contributed by atoms with E-state index in [0.29, 0.717) is 6.54 Å². The highest BCUT2D eigenvalue weighted by Crippen LogP contribution is 2.46. The van der Waals surface area contributed by atoms with Crippen molar-refractivity contribution in [3.63, 3.8) is 0 Å². The zero-order valence-corrected chi connectivity index (χ0v) is 20.8. The molecule has 0 amide bonds. The van der Waals surface area contributed by atoms with Crippen molar-refractivity contribution >= 4 is 11.8 Å². The monoisotopic (exact) mass is 499 g/mol. The number of nitrogens with one attached hydrogen (secondary N) is 3. The lowest BCUT2D eigenvalue weighted by Gasteiger charge is -2.60. The van der Waals surface area contributed by atoms with Crippen LogP contribution in [0.25, 0.3) is 0 Å². The fourth-order valence-corrected chi connectivity index (χ4v) is 5.79. The van der Waals surface area contributed by atoms with Gasteiger partial charge < -0.3 is 50.6 Å². The minimum absolute atomic E-state index is 0.0210. The number of fused-ring (bicyclic) bond motifs is 2. The van der Waals surface area contributed by atoms with Crippen LogP contribution in [0.3, 0.4) is 0 Å². The van der Waals surface area contributed by atoms with E-state index in [1.807, 2.05) is 30.5 Å². The average Bonchev–Trinajstić information content (AvgIpc) is 2.80. The van der Waals surface area contributed by atoms with Gasteiger partial charge in [0.25, 0.3) is 0 Å². The van der Waals surface area contributed by atoms with Crippen molar-refractivity contribution in [1.82, 2.24) is 16.0 Å². The molecule has 2 saturated heterocycles. The number of ether oxygens (including phenoxy) is 3. The van der Waals surface area contributed by atoms with E-state index in [1.54, 1.807) is 32.8 Å². The molecule has 2 aliphatic heterocycles. The van der Waals surface area contributed by atoms with E-state index in [4.69, 9.17) is 14.2 Å². The van der Waals surface area contributed by atoms with Crippen LogP contribution in [0.15, 0.2) is 29.2 Å². The largest absolute Gasteiger partial charge is 0.390 e. The van der Waals surface area contributed by atoms with E-state index in [-0.39, 0.29) is 13.0 Å². The first-order chi connectivity index (χ1) is 16.2. The molecule has 1 saturated carbocycles. The van der Waals surface area contributed by atoms with Crippen molar-refractivity contribution in [1.29, 1.82) is 0 Å². The van der Waals surface area contributed by atoms with Gasteiger partial charge in [0.15, 0.2) is 0 Å². The summed E-state index contributed by atoms with van der Waals surface area (Å²) in [7, 11) is 3.30. The number of aliphatic hydroxyl groups excluding tert-OH is 2. The van der Waals surface area contributed by atoms with Gasteiger partial charge in [-0.2, -0.15) is 0 Å². The Hall–Kier alpha value is -0.830. The Morgan fingerprint density at radius 3 is 2.29 bits per heavy atom. The zero-order chi connectivity index (χ0) is 24.7. The fourth-order valence-electron chi connectivity index (χ4n) is 5.39. The van der Waals surface area contributed by atoms with Crippen molar-refractivity contribution in [2.45, 2.75) is 85.1 Å². The first kappa shape index (κ1) is 26.2. The lowest BCUT2D eigenvalue weighted by atomic mass is 9.77. The summed E-state index contributed by atoms with van der Waals surface area (Å²) in [6.07, 6.45) is -3.57. The van der Waals surface area contributed by atoms with Crippen LogP contribution in [0, 0.1) is 0 Å². The molecule has 7 N–H and O–H groups in total. The standard InChI is InChI=1S/C23H37N3O7S/c1-12-9-22(29,11-26-10-13-5-7-14(34-4)8-6-13)23(30)21(31-12)32-20-18(28)15(24-2)17(27)16(25-3)19(20)33-23/h5-8,12,15-21,24-30H,9-11H2,1-4H3/t12-,15-,16+,17+,18+,19-,20?,21+,22-,23-/m1/s1. The lowest BCUT2D eigenvalue weighted by Crippen LogP contribution is -2.81. The molecule has 34 heavy (non-hydrogen) atoms. The van der Waals surface area contributed by atoms with Crippen molar-refractivity contribution in [3.8, 4) is 0 Å². The van der Waals surface area contributed by atoms with Gasteiger partial charge in [0.1, 0.15) is 23.9 Å². The molecule has 10 nitrogen and oxygen atoms in total. The molecule has 1 aromatic rings. The molecule has 0 radical (unpaired) electrons. The molecular formula is C23H37N3O7S. The summed E-state index contributed by atoms with van der Waals surface area (Å²) < 4.78 is 18.0. The number of likely N-dealkylation sites (N-methyl/N-ethyl adjacent to an activating group) is 2. The van der Waals surface area contributed by atoms with Crippen LogP contribution < -0.4 is 16.0 Å². The number of hydrogen-bond acceptors (Lipinski definition) is 11. The molecule has 10 atom stereocenters. The van der Waals surface area contributed by atoms with Crippen molar-refractivity contribution in [2.75, 3.05) is 26.9 Å². The van der Waals surface area contributed by atoms with Gasteiger partial charge in [-0.25, -0.2) is 0 Å². The van der Waals surface area contributed by atoms with Gasteiger partial charge in [-0.15, -0.1) is 11.8 Å². The lowest BCUT2D eigenvalue weighted by molar-refractivity contribution is -0.482. The number of aliphatic hydroxyl groups is 4. The second kappa shape index (κ2) is 10.3. The van der Waals surface area contributed by atoms with E-state index in [1.165, 1.54) is 0 Å². The third-order valence-electron chi connectivity index (χ3n) is 7.25. The van der Waals surface area contributed by atoms with Crippen LogP contribution in [0.4, 0.5) is 0 Å². The molecule has 0 bridgehead atoms. The highest BCUT2D eigenvalue weighted by atomic mass is 32.2. The summed E-state index contributed by atoms with van der Waals surface area (Å²) >= 11 is 1.67. The second-order valence-electron chi connectivity index (χ2n) is 9.46. The van der Waals surface area contributed by atoms with E-state index in [2.05, 4.69) is 16.0 Å². The van der Waals surface area contributed by atoms with Crippen molar-refractivity contribution in [3.05, 3.63) is 29.8 Å². The third-order valence-corrected chi connectivity index (χ3v) is 8.00. The van der Waals surface area contributed by atoms with Gasteiger partial charge in [-0.05, 0) is 45.0 Å². The van der Waals surface area contributed by atoms with Crippen LogP contribution in [-0.2, 0) is 20.8 Å². The van der Waals surface area contributed by atoms with Gasteiger partial charge in [0, 0.05) is 24.4 Å². The average molecular weight is 500 g/mol. The van der Waals surface area contributed by atoms with Crippen LogP contribution in [-0.4, -0.2) is 108 Å². The Kier molecular flexibility index (Phi) is 7.92. The third kappa shape index (κ3) is 4.53. The van der Waals surface area contributed by atoms with E-state index < -0.39 is 60.3 Å². The Labute approximate surface area is 204 Å². The maximum atomic E-state index is 11.7. The van der Waals surface area contributed by atoms with Crippen LogP contribution in [0.2, 0.25) is 0 Å². The van der Waals surface area contributed by atoms with Gasteiger partial charge in [0.2, 0.25) is 12.1 Å². The molecule has 1 aliphatic carbocycles. The van der Waals surface area contributed by atoms with Gasteiger partial charge in [0.05, 0.1) is 24.3 Å². The molecule has 4 rings (SSSR count). The van der Waals surface area contributed by atoms with E-state index in [0.717, 1.165) is 10.5 Å². The maximum absolute atomic E-state index is 11.7. The molecule has 1 unspecified atom stereocenters. The van der Waals surface area contributed by atoms with Gasteiger partial charge in [-0.1, -0.05) is 12.1 Å². The van der Waals surface area contributed by atoms with Crippen molar-refractivity contribution in [2.24, 2.45) is 0 Å². The van der Waals surface area contributed by atoms with Crippen molar-refractivity contribution < 1.29 is 34.6 Å². The second-order valence-corrected chi connectivity index (χ2v) is 10.3. The fraction of sp³-hybridized carbons (Fsp3) is 0.739. The summed E-state index contributed by atoms with van der Waals surface area (Å²) in [6, 6.07) is 6.75. The Morgan fingerprint density at radius 2 is 1.68 bits per heavy atom. The van der Waals surface area contributed by atoms with Gasteiger partial charge >= 0.3 is 0 Å². The number of benzene rings is 1. The molecule has 3 aliphatic rings. The minimum atomic E-state index is -2.21. The zero-order valence-electron chi connectivity index (χ0n) is 20.0. The highest BCUT2D eigenvalue weighted by molar-refractivity contribution is 7.98. The summed E-state index contributed by atoms with van der Waals surface area (Å²) in [5.41, 5.74) is -0.703. The molecule has 2 heterocycles. The Balaban J connectivity index is 1.54. The minimum Gasteiger partial charge on any atom is -0.390 e. The smallest absolute Gasteiger partial charge is 0.249 e. The molecule has 1 aromatic carbocycles. The Morgan fingerprint density at radius 1 is 1.00 bits per heavy atom. The van der Waals surface area contributed by atoms with E-state index >= 15 is 0 Å². The molecule has 0 spiro atoms. The predicted molar refractivity (Wildman–Crippen MR) is 126 cm³/mol. The first-order valence-electron chi connectivity index (χ1n) is 11.6. The van der Waals surface area contributed by atoms with E-state index in [9.17, 15) is 20.4 Å². The SMILES string of the molecule is CN[C@@H]1[C@H](O)[C@H](NC)[C@H]2O[C@]3(O)[C@H](OC2[C@H]1O)O[C@H](C)C[C@@]3(O)CNCc1ccc(SC)cc1. The maximum Gasteiger partial charge on any atom is 0.249 e. The van der Waals surface area contributed by atoms with Gasteiger partial charge in [-0.3, -0.25) is 0 Å². The van der Waals surface area contributed by atoms with Crippen LogP contribution in [0.1, 0.15) is 18.9 Å². The topological polar surface area (TPSA) is 145 Å². The molecule has 192 valence electrons. The first-order valence-corrected chi connectivity index (χ1v) is 12.9. The summed E-state index contributed by atoms with van der Waals surface area (Å²) in [6.45, 7) is 2.29. The molecule has 11 heteroatoms. The quantitative estimate of drug-likeness (QED) is 0.226. The summed E-state index contributed by atoms with van der Waals surface area (Å²) in [5, 5.41) is 54.1. The number of hydrogen-bond donors (Lipinski definition) is 7. The molecule has 0 aromatic heterocycles.